The Morgan fingerprint density at radius 3 is 1.54 bits per heavy atom. The van der Waals surface area contributed by atoms with Gasteiger partial charge in [-0.2, -0.15) is 25.3 Å². The molecule has 0 heterocycles. The van der Waals surface area contributed by atoms with Crippen molar-refractivity contribution in [2.24, 2.45) is 0 Å². The van der Waals surface area contributed by atoms with Crippen molar-refractivity contribution < 1.29 is 48.7 Å². The van der Waals surface area contributed by atoms with E-state index in [0.717, 1.165) is 48.6 Å². The van der Waals surface area contributed by atoms with Crippen LogP contribution in [0, 0.1) is 15.0 Å². The molecule has 0 unspecified atom stereocenters. The van der Waals surface area contributed by atoms with E-state index in [1.165, 1.54) is 24.3 Å². The molecule has 0 aliphatic carbocycles. The first-order valence-electron chi connectivity index (χ1n) is 11.0. The largest absolute Gasteiger partial charge is 0.295 e. The van der Waals surface area contributed by atoms with Crippen LogP contribution in [-0.2, 0) is 30.4 Å². The summed E-state index contributed by atoms with van der Waals surface area (Å²) < 4.78 is 99.8. The van der Waals surface area contributed by atoms with Crippen molar-refractivity contribution in [3.8, 4) is 0 Å². The summed E-state index contributed by atoms with van der Waals surface area (Å²) >= 11 is 0. The smallest absolute Gasteiger partial charge is 0.282 e. The normalized spacial score (nSPS) is 12.6. The van der Waals surface area contributed by atoms with Crippen LogP contribution in [0.5, 0.6) is 0 Å². The van der Waals surface area contributed by atoms with Crippen LogP contribution in [0.15, 0.2) is 75.4 Å². The lowest BCUT2D eigenvalue weighted by Crippen LogP contribution is -2.12. The Kier molecular flexibility index (Phi) is 8.86. The maximum atomic E-state index is 12.7. The molecule has 0 spiro atoms. The molecule has 3 rings (SSSR count). The first-order chi connectivity index (χ1) is 18.9. The van der Waals surface area contributed by atoms with E-state index < -0.39 is 55.7 Å². The second-order valence-corrected chi connectivity index (χ2v) is 12.3. The summed E-state index contributed by atoms with van der Waals surface area (Å²) in [5, 5.41) is 11.0. The molecular weight excluding hydrogens is 606 g/mol. The highest BCUT2D eigenvalue weighted by Gasteiger charge is 2.24. The van der Waals surface area contributed by atoms with Crippen molar-refractivity contribution in [2.45, 2.75) is 21.6 Å². The SMILES string of the molecule is C/C=C/c1ccc(N[N+](=O)c2ccc(/C=C/c3ccc([N+](=O)[O-])cc3S(=O)(=O)O)c(S(=O)(=O)O)c2)cc1S(=O)(=O)O. The van der Waals surface area contributed by atoms with Gasteiger partial charge in [-0.15, -0.1) is 5.43 Å². The molecule has 41 heavy (non-hydrogen) atoms. The zero-order valence-corrected chi connectivity index (χ0v) is 23.1. The average molecular weight is 627 g/mol. The molecule has 3 aromatic rings. The van der Waals surface area contributed by atoms with Crippen LogP contribution in [0.4, 0.5) is 17.1 Å². The molecule has 0 saturated heterocycles. The van der Waals surface area contributed by atoms with E-state index in [4.69, 9.17) is 0 Å². The number of nitrogens with zero attached hydrogens (tertiary/aromatic N) is 2. The number of nitrogens with one attached hydrogen (secondary N) is 1. The first-order valence-corrected chi connectivity index (χ1v) is 15.3. The molecule has 0 fully saturated rings. The number of nitroso groups, excluding NO2 is 1. The summed E-state index contributed by atoms with van der Waals surface area (Å²) in [4.78, 5) is 20.7. The van der Waals surface area contributed by atoms with Crippen molar-refractivity contribution in [1.82, 2.24) is 0 Å². The summed E-state index contributed by atoms with van der Waals surface area (Å²) in [6.45, 7) is 1.62. The fraction of sp³-hybridized carbons (Fsp3) is 0.0435. The monoisotopic (exact) mass is 626 g/mol. The molecule has 0 saturated carbocycles. The van der Waals surface area contributed by atoms with Gasteiger partial charge in [0.1, 0.15) is 20.4 Å². The van der Waals surface area contributed by atoms with Crippen LogP contribution in [0.1, 0.15) is 23.6 Å². The molecule has 0 aliphatic rings. The van der Waals surface area contributed by atoms with Crippen LogP contribution >= 0.6 is 0 Å². The molecule has 0 radical (unpaired) electrons. The number of allylic oxidation sites excluding steroid dienone is 1. The van der Waals surface area contributed by atoms with E-state index in [1.807, 2.05) is 0 Å². The number of nitro benzene ring substituents is 1. The fourth-order valence-corrected chi connectivity index (χ4v) is 5.63. The third-order valence-corrected chi connectivity index (χ3v) is 8.03. The number of hydrazine groups is 1. The van der Waals surface area contributed by atoms with Gasteiger partial charge in [0, 0.05) is 24.3 Å². The Bertz CT molecular complexity index is 1950. The van der Waals surface area contributed by atoms with E-state index >= 15 is 0 Å². The minimum Gasteiger partial charge on any atom is -0.282 e. The summed E-state index contributed by atoms with van der Waals surface area (Å²) in [6.07, 6.45) is 4.95. The van der Waals surface area contributed by atoms with Gasteiger partial charge in [0.05, 0.1) is 9.83 Å². The Labute approximate surface area is 233 Å². The van der Waals surface area contributed by atoms with Crippen molar-refractivity contribution in [1.29, 1.82) is 0 Å². The molecule has 216 valence electrons. The van der Waals surface area contributed by atoms with Gasteiger partial charge < -0.3 is 0 Å². The number of nitro groups is 1. The summed E-state index contributed by atoms with van der Waals surface area (Å²) in [5.74, 6) is 0. The maximum Gasteiger partial charge on any atom is 0.295 e. The van der Waals surface area contributed by atoms with Gasteiger partial charge in [-0.1, -0.05) is 30.4 Å². The van der Waals surface area contributed by atoms with Gasteiger partial charge in [-0.05, 0) is 47.9 Å². The highest BCUT2D eigenvalue weighted by atomic mass is 32.2. The Morgan fingerprint density at radius 2 is 1.07 bits per heavy atom. The van der Waals surface area contributed by atoms with E-state index in [0.29, 0.717) is 6.07 Å². The predicted molar refractivity (Wildman–Crippen MR) is 146 cm³/mol. The zero-order valence-electron chi connectivity index (χ0n) is 20.6. The van der Waals surface area contributed by atoms with Gasteiger partial charge in [0.15, 0.2) is 4.87 Å². The molecule has 4 N–H and O–H groups in total. The van der Waals surface area contributed by atoms with Gasteiger partial charge in [-0.25, -0.2) is 0 Å². The van der Waals surface area contributed by atoms with Crippen LogP contribution < -0.4 is 5.43 Å². The zero-order chi connectivity index (χ0) is 30.8. The minimum atomic E-state index is -4.98. The Balaban J connectivity index is 2.02. The number of anilines is 1. The number of hydrogen-bond donors (Lipinski definition) is 4. The van der Waals surface area contributed by atoms with Crippen LogP contribution in [-0.4, -0.2) is 48.7 Å². The van der Waals surface area contributed by atoms with Gasteiger partial charge in [-0.3, -0.25) is 23.8 Å². The van der Waals surface area contributed by atoms with Crippen LogP contribution in [0.3, 0.4) is 0 Å². The van der Waals surface area contributed by atoms with Crippen molar-refractivity contribution in [3.05, 3.63) is 92.4 Å². The van der Waals surface area contributed by atoms with Crippen LogP contribution in [0.25, 0.3) is 18.2 Å². The van der Waals surface area contributed by atoms with Gasteiger partial charge >= 0.3 is 0 Å². The predicted octanol–water partition coefficient (Wildman–Crippen LogP) is 3.98. The molecule has 0 amide bonds. The second-order valence-electron chi connectivity index (χ2n) is 8.12. The molecule has 0 atom stereocenters. The van der Waals surface area contributed by atoms with Crippen LogP contribution in [0.2, 0.25) is 0 Å². The molecule has 18 heteroatoms. The Morgan fingerprint density at radius 1 is 0.659 bits per heavy atom. The Hall–Kier alpha value is -4.33. The average Bonchev–Trinajstić information content (AvgIpc) is 2.86. The summed E-state index contributed by atoms with van der Waals surface area (Å²) in [7, 11) is -14.6. The lowest BCUT2D eigenvalue weighted by molar-refractivity contribution is -0.428. The van der Waals surface area contributed by atoms with Gasteiger partial charge in [0.25, 0.3) is 41.7 Å². The molecule has 0 aromatic heterocycles. The molecule has 3 aromatic carbocycles. The number of rotatable bonds is 10. The topological polar surface area (TPSA) is 238 Å². The first kappa shape index (κ1) is 31.2. The standard InChI is InChI=1S/C23H19N3O12S3/c1-2-3-15-6-9-18(12-21(15)39(30,31)32)24-25(27)19-10-7-16(22(13-19)40(33,34)35)4-5-17-8-11-20(26(28)29)14-23(17)41(36,37)38/h2-14H,1H3,(H3-,24,27,30,31,32,33,34,35,36,37,38)/p+1/b3-2+,5-4+. The van der Waals surface area contributed by atoms with E-state index in [1.54, 1.807) is 6.92 Å². The quantitative estimate of drug-likeness (QED) is 0.0820. The molecule has 0 bridgehead atoms. The highest BCUT2D eigenvalue weighted by Crippen LogP contribution is 2.28. The van der Waals surface area contributed by atoms with E-state index in [2.05, 4.69) is 5.43 Å². The van der Waals surface area contributed by atoms with E-state index in [9.17, 15) is 53.9 Å². The summed E-state index contributed by atoms with van der Waals surface area (Å²) in [6, 6.07) is 9.04. The maximum absolute atomic E-state index is 12.7. The molecule has 0 aliphatic heterocycles. The van der Waals surface area contributed by atoms with Crippen molar-refractivity contribution in [3.63, 3.8) is 0 Å². The van der Waals surface area contributed by atoms with Crippen molar-refractivity contribution in [2.75, 3.05) is 5.43 Å². The lowest BCUT2D eigenvalue weighted by Gasteiger charge is -2.06. The van der Waals surface area contributed by atoms with E-state index in [-0.39, 0.29) is 32.9 Å². The molecule has 15 nitrogen and oxygen atoms in total. The van der Waals surface area contributed by atoms with Crippen molar-refractivity contribution >= 4 is 65.6 Å². The van der Waals surface area contributed by atoms with Gasteiger partial charge in [0.2, 0.25) is 0 Å². The third-order valence-electron chi connectivity index (χ3n) is 5.31. The third kappa shape index (κ3) is 7.66. The number of non-ortho nitro benzene ring substituents is 1. The minimum absolute atomic E-state index is 0.0490. The second kappa shape index (κ2) is 11.6. The number of benzene rings is 3. The highest BCUT2D eigenvalue weighted by molar-refractivity contribution is 7.86. The fourth-order valence-electron chi connectivity index (χ4n) is 3.51. The lowest BCUT2D eigenvalue weighted by atomic mass is 10.1. The molecular formula is C23H20N3O12S3+. The summed E-state index contributed by atoms with van der Waals surface area (Å²) in [5.41, 5.74) is 0.781. The number of hydrogen-bond acceptors (Lipinski definition) is 9.